The fraction of sp³-hybridized carbons (Fsp3) is 0.345. The van der Waals surface area contributed by atoms with Crippen LogP contribution in [0.5, 0.6) is 0 Å². The topological polar surface area (TPSA) is 44.8 Å². The first kappa shape index (κ1) is 25.3. The van der Waals surface area contributed by atoms with E-state index in [0.29, 0.717) is 26.1 Å². The molecule has 8 heteroatoms. The zero-order chi connectivity index (χ0) is 26.1. The van der Waals surface area contributed by atoms with Gasteiger partial charge in [0.1, 0.15) is 0 Å². The zero-order valence-electron chi connectivity index (χ0n) is 20.7. The van der Waals surface area contributed by atoms with Gasteiger partial charge in [0.2, 0.25) is 5.54 Å². The second-order valence-corrected chi connectivity index (χ2v) is 9.87. The van der Waals surface area contributed by atoms with Gasteiger partial charge in [0.15, 0.2) is 0 Å². The van der Waals surface area contributed by atoms with Crippen LogP contribution in [-0.4, -0.2) is 49.3 Å². The summed E-state index contributed by atoms with van der Waals surface area (Å²) < 4.78 is 49.4. The van der Waals surface area contributed by atoms with E-state index in [4.69, 9.17) is 4.74 Å². The molecule has 194 valence electrons. The largest absolute Gasteiger partial charge is 0.419 e. The lowest BCUT2D eigenvalue weighted by Crippen LogP contribution is -2.75. The molecule has 2 unspecified atom stereocenters. The average Bonchev–Trinajstić information content (AvgIpc) is 3.38. The summed E-state index contributed by atoms with van der Waals surface area (Å²) in [6, 6.07) is 26.0. The van der Waals surface area contributed by atoms with Crippen molar-refractivity contribution in [2.24, 2.45) is 0 Å². The van der Waals surface area contributed by atoms with Crippen LogP contribution in [0.4, 0.5) is 18.9 Å². The van der Waals surface area contributed by atoms with Gasteiger partial charge in [-0.3, -0.25) is 10.1 Å². The Bertz CT molecular complexity index is 1170. The number of piperazine rings is 1. The van der Waals surface area contributed by atoms with E-state index in [0.717, 1.165) is 16.8 Å². The minimum Gasteiger partial charge on any atom is -0.379 e. The lowest BCUT2D eigenvalue weighted by Gasteiger charge is -2.50. The Morgan fingerprint density at radius 3 is 1.97 bits per heavy atom. The van der Waals surface area contributed by atoms with Crippen molar-refractivity contribution in [3.8, 4) is 0 Å². The van der Waals surface area contributed by atoms with Gasteiger partial charge in [-0.15, -0.1) is 0 Å². The van der Waals surface area contributed by atoms with Gasteiger partial charge in [-0.1, -0.05) is 72.8 Å². The van der Waals surface area contributed by atoms with Crippen LogP contribution < -0.4 is 10.2 Å². The molecule has 2 atom stereocenters. The first-order valence-corrected chi connectivity index (χ1v) is 12.4. The minimum atomic E-state index is -4.82. The highest BCUT2D eigenvalue weighted by atomic mass is 19.4. The molecule has 3 aromatic carbocycles. The van der Waals surface area contributed by atoms with Crippen LogP contribution >= 0.6 is 0 Å². The molecule has 0 aliphatic carbocycles. The molecule has 2 saturated heterocycles. The molecule has 0 bridgehead atoms. The number of benzene rings is 3. The van der Waals surface area contributed by atoms with E-state index in [9.17, 15) is 18.0 Å². The summed E-state index contributed by atoms with van der Waals surface area (Å²) in [7, 11) is 1.45. The Hall–Kier alpha value is -3.36. The van der Waals surface area contributed by atoms with E-state index in [-0.39, 0.29) is 18.7 Å². The molecule has 2 fully saturated rings. The molecule has 2 heterocycles. The number of ether oxygens (including phenoxy) is 1. The van der Waals surface area contributed by atoms with Crippen molar-refractivity contribution in [2.75, 3.05) is 31.7 Å². The van der Waals surface area contributed by atoms with Crippen LogP contribution in [0.1, 0.15) is 23.1 Å². The number of rotatable bonds is 6. The molecule has 3 aromatic rings. The maximum absolute atomic E-state index is 14.7. The Kier molecular flexibility index (Phi) is 6.72. The molecule has 1 amide bonds. The summed E-state index contributed by atoms with van der Waals surface area (Å²) in [6.45, 7) is 1.82. The second kappa shape index (κ2) is 9.84. The lowest BCUT2D eigenvalue weighted by molar-refractivity contribution is -0.220. The first-order valence-electron chi connectivity index (χ1n) is 12.4. The van der Waals surface area contributed by atoms with Crippen LogP contribution in [0.15, 0.2) is 84.9 Å². The highest BCUT2D eigenvalue weighted by Gasteiger charge is 2.67. The number of hydrogen-bond donors (Lipinski definition) is 1. The third kappa shape index (κ3) is 4.60. The van der Waals surface area contributed by atoms with Crippen LogP contribution in [-0.2, 0) is 28.2 Å². The van der Waals surface area contributed by atoms with E-state index >= 15 is 0 Å². The quantitative estimate of drug-likeness (QED) is 0.515. The van der Waals surface area contributed by atoms with Gasteiger partial charge in [0, 0.05) is 39.0 Å². The van der Waals surface area contributed by atoms with Gasteiger partial charge >= 0.3 is 6.18 Å². The van der Waals surface area contributed by atoms with Crippen LogP contribution in [0.2, 0.25) is 0 Å². The SMILES string of the molecule is CN1C(=O)C(c2ccc(N(Cc3ccccc3)Cc3ccccc3)cc2)(C(F)(F)F)NCC12CCOC2. The molecule has 5 rings (SSSR count). The summed E-state index contributed by atoms with van der Waals surface area (Å²) in [4.78, 5) is 16.8. The number of alkyl halides is 3. The van der Waals surface area contributed by atoms with Crippen LogP contribution in [0.3, 0.4) is 0 Å². The number of carbonyl (C=O) groups is 1. The number of carbonyl (C=O) groups excluding carboxylic acids is 1. The monoisotopic (exact) mass is 509 g/mol. The number of likely N-dealkylation sites (N-methyl/N-ethyl adjacent to an activating group) is 1. The highest BCUT2D eigenvalue weighted by molar-refractivity contribution is 5.90. The van der Waals surface area contributed by atoms with Crippen LogP contribution in [0.25, 0.3) is 0 Å². The van der Waals surface area contributed by atoms with Crippen molar-refractivity contribution in [1.29, 1.82) is 0 Å². The van der Waals surface area contributed by atoms with Gasteiger partial charge in [-0.2, -0.15) is 13.2 Å². The van der Waals surface area contributed by atoms with Crippen molar-refractivity contribution in [1.82, 2.24) is 10.2 Å². The molecular weight excluding hydrogens is 479 g/mol. The average molecular weight is 510 g/mol. The van der Waals surface area contributed by atoms with E-state index < -0.39 is 23.2 Å². The van der Waals surface area contributed by atoms with Crippen molar-refractivity contribution in [3.05, 3.63) is 102 Å². The van der Waals surface area contributed by atoms with Gasteiger partial charge < -0.3 is 14.5 Å². The van der Waals surface area contributed by atoms with Crippen molar-refractivity contribution in [3.63, 3.8) is 0 Å². The summed E-state index contributed by atoms with van der Waals surface area (Å²) in [6.07, 6.45) is -4.32. The number of nitrogens with one attached hydrogen (secondary N) is 1. The number of nitrogens with zero attached hydrogens (tertiary/aromatic N) is 2. The van der Waals surface area contributed by atoms with E-state index in [2.05, 4.69) is 10.2 Å². The van der Waals surface area contributed by atoms with Gasteiger partial charge in [-0.25, -0.2) is 0 Å². The molecule has 5 nitrogen and oxygen atoms in total. The summed E-state index contributed by atoms with van der Waals surface area (Å²) >= 11 is 0. The maximum Gasteiger partial charge on any atom is 0.419 e. The number of halogens is 3. The molecular formula is C29H30F3N3O2. The van der Waals surface area contributed by atoms with E-state index in [1.807, 2.05) is 60.7 Å². The van der Waals surface area contributed by atoms with E-state index in [1.54, 1.807) is 12.1 Å². The van der Waals surface area contributed by atoms with Crippen molar-refractivity contribution >= 4 is 11.6 Å². The maximum atomic E-state index is 14.7. The molecule has 2 aliphatic heterocycles. The number of anilines is 1. The Balaban J connectivity index is 1.48. The number of amides is 1. The third-order valence-electron chi connectivity index (χ3n) is 7.63. The van der Waals surface area contributed by atoms with Crippen molar-refractivity contribution in [2.45, 2.75) is 36.8 Å². The van der Waals surface area contributed by atoms with Gasteiger partial charge in [-0.05, 0) is 35.2 Å². The third-order valence-corrected chi connectivity index (χ3v) is 7.63. The first-order chi connectivity index (χ1) is 17.8. The van der Waals surface area contributed by atoms with Crippen LogP contribution in [0, 0.1) is 0 Å². The second-order valence-electron chi connectivity index (χ2n) is 9.87. The zero-order valence-corrected chi connectivity index (χ0v) is 20.7. The van der Waals surface area contributed by atoms with E-state index in [1.165, 1.54) is 24.1 Å². The number of hydrogen-bond acceptors (Lipinski definition) is 4. The smallest absolute Gasteiger partial charge is 0.379 e. The van der Waals surface area contributed by atoms with Crippen molar-refractivity contribution < 1.29 is 22.7 Å². The predicted octanol–water partition coefficient (Wildman–Crippen LogP) is 4.87. The standard InChI is InChI=1S/C29H30F3N3O2/c1-34-26(36)28(29(30,31)32,33-20-27(34)16-17-37-21-27)24-12-14-25(15-13-24)35(18-22-8-4-2-5-9-22)19-23-10-6-3-7-11-23/h2-15,33H,16-21H2,1H3. The van der Waals surface area contributed by atoms with Gasteiger partial charge in [0.05, 0.1) is 12.1 Å². The fourth-order valence-corrected chi connectivity index (χ4v) is 5.34. The highest BCUT2D eigenvalue weighted by Crippen LogP contribution is 2.45. The fourth-order valence-electron chi connectivity index (χ4n) is 5.34. The Labute approximate surface area is 214 Å². The molecule has 37 heavy (non-hydrogen) atoms. The molecule has 2 aliphatic rings. The Morgan fingerprint density at radius 1 is 0.919 bits per heavy atom. The normalized spacial score (nSPS) is 24.0. The summed E-state index contributed by atoms with van der Waals surface area (Å²) in [5.41, 5.74) is -0.737. The molecule has 0 saturated carbocycles. The summed E-state index contributed by atoms with van der Waals surface area (Å²) in [5.74, 6) is -1.00. The minimum absolute atomic E-state index is 0.00460. The summed E-state index contributed by atoms with van der Waals surface area (Å²) in [5, 5.41) is 2.62. The van der Waals surface area contributed by atoms with Gasteiger partial charge in [0.25, 0.3) is 5.91 Å². The molecule has 1 spiro atoms. The Morgan fingerprint density at radius 2 is 1.49 bits per heavy atom. The molecule has 1 N–H and O–H groups in total. The lowest BCUT2D eigenvalue weighted by atomic mass is 9.80. The molecule has 0 aromatic heterocycles. The predicted molar refractivity (Wildman–Crippen MR) is 136 cm³/mol. The molecule has 0 radical (unpaired) electrons.